The van der Waals surface area contributed by atoms with Crippen molar-refractivity contribution in [1.82, 2.24) is 5.32 Å². The molecule has 0 amide bonds. The van der Waals surface area contributed by atoms with Crippen LogP contribution in [-0.4, -0.2) is 12.6 Å². The van der Waals surface area contributed by atoms with Crippen LogP contribution in [0.25, 0.3) is 0 Å². The second-order valence-corrected chi connectivity index (χ2v) is 6.95. The highest BCUT2D eigenvalue weighted by molar-refractivity contribution is 5.39. The molecule has 0 aromatic heterocycles. The molecular weight excluding hydrogens is 246 g/mol. The van der Waals surface area contributed by atoms with Gasteiger partial charge in [-0.25, -0.2) is 0 Å². The van der Waals surface area contributed by atoms with Crippen LogP contribution in [0.4, 0.5) is 0 Å². The molecule has 0 saturated heterocycles. The van der Waals surface area contributed by atoms with Gasteiger partial charge in [0.15, 0.2) is 0 Å². The van der Waals surface area contributed by atoms with Crippen molar-refractivity contribution in [1.29, 1.82) is 0 Å². The monoisotopic (exact) mass is 273 g/mol. The summed E-state index contributed by atoms with van der Waals surface area (Å²) in [6.07, 6.45) is 6.17. The summed E-state index contributed by atoms with van der Waals surface area (Å²) in [4.78, 5) is 0. The van der Waals surface area contributed by atoms with Crippen molar-refractivity contribution in [3.8, 4) is 5.75 Å². The average Bonchev–Trinajstić information content (AvgIpc) is 2.47. The summed E-state index contributed by atoms with van der Waals surface area (Å²) in [5.41, 5.74) is 1.40. The molecule has 0 radical (unpaired) electrons. The fourth-order valence-corrected chi connectivity index (χ4v) is 4.01. The fraction of sp³-hybridized carbons (Fsp3) is 0.667. The third kappa shape index (κ3) is 2.46. The standard InChI is InChI=1S/C18H27NO/c1-13(2)14-8-10-18(11-9-14)12-16(19-3)15-6-4-5-7-17(15)20-18/h4-7,13-14,16,19H,8-12H2,1-3H3. The quantitative estimate of drug-likeness (QED) is 0.866. The van der Waals surface area contributed by atoms with Gasteiger partial charge in [-0.1, -0.05) is 32.0 Å². The maximum atomic E-state index is 6.48. The summed E-state index contributed by atoms with van der Waals surface area (Å²) in [5.74, 6) is 2.79. The van der Waals surface area contributed by atoms with E-state index in [0.717, 1.165) is 24.0 Å². The minimum atomic E-state index is 0.0768. The molecule has 1 aromatic rings. The summed E-state index contributed by atoms with van der Waals surface area (Å²) in [7, 11) is 2.07. The van der Waals surface area contributed by atoms with Crippen LogP contribution in [0.3, 0.4) is 0 Å². The molecule has 1 N–H and O–H groups in total. The second kappa shape index (κ2) is 5.40. The van der Waals surface area contributed by atoms with E-state index in [1.807, 2.05) is 0 Å². The van der Waals surface area contributed by atoms with Gasteiger partial charge in [-0.15, -0.1) is 0 Å². The topological polar surface area (TPSA) is 21.3 Å². The van der Waals surface area contributed by atoms with E-state index in [9.17, 15) is 0 Å². The predicted molar refractivity (Wildman–Crippen MR) is 83.0 cm³/mol. The Morgan fingerprint density at radius 2 is 1.90 bits per heavy atom. The zero-order chi connectivity index (χ0) is 14.2. The van der Waals surface area contributed by atoms with Crippen LogP contribution in [0.2, 0.25) is 0 Å². The first-order valence-corrected chi connectivity index (χ1v) is 8.09. The molecule has 1 heterocycles. The van der Waals surface area contributed by atoms with Gasteiger partial charge < -0.3 is 10.1 Å². The lowest BCUT2D eigenvalue weighted by molar-refractivity contribution is -0.0192. The zero-order valence-electron chi connectivity index (χ0n) is 13.0. The highest BCUT2D eigenvalue weighted by Crippen LogP contribution is 2.47. The minimum absolute atomic E-state index is 0.0768. The highest BCUT2D eigenvalue weighted by atomic mass is 16.5. The number of fused-ring (bicyclic) bond motifs is 1. The maximum Gasteiger partial charge on any atom is 0.124 e. The van der Waals surface area contributed by atoms with E-state index in [1.165, 1.54) is 31.2 Å². The smallest absolute Gasteiger partial charge is 0.124 e. The third-order valence-corrected chi connectivity index (χ3v) is 5.43. The molecule has 1 aliphatic heterocycles. The SMILES string of the molecule is CNC1CC2(CCC(C(C)C)CC2)Oc2ccccc21. The molecule has 1 unspecified atom stereocenters. The number of hydrogen-bond acceptors (Lipinski definition) is 2. The molecule has 1 aliphatic carbocycles. The Labute approximate surface area is 122 Å². The molecule has 2 heteroatoms. The molecule has 1 saturated carbocycles. The number of hydrogen-bond donors (Lipinski definition) is 1. The Bertz CT molecular complexity index is 460. The Balaban J connectivity index is 1.80. The van der Waals surface area contributed by atoms with Gasteiger partial charge in [-0.3, -0.25) is 0 Å². The molecule has 20 heavy (non-hydrogen) atoms. The van der Waals surface area contributed by atoms with Crippen LogP contribution in [0.1, 0.15) is 57.6 Å². The number of benzene rings is 1. The summed E-state index contributed by atoms with van der Waals surface area (Å²) < 4.78 is 6.48. The summed E-state index contributed by atoms with van der Waals surface area (Å²) in [6, 6.07) is 8.97. The lowest BCUT2D eigenvalue weighted by atomic mass is 9.71. The zero-order valence-corrected chi connectivity index (χ0v) is 13.0. The molecular formula is C18H27NO. The van der Waals surface area contributed by atoms with Gasteiger partial charge in [0.05, 0.1) is 0 Å². The maximum absolute atomic E-state index is 6.48. The van der Waals surface area contributed by atoms with Crippen molar-refractivity contribution in [2.45, 2.75) is 57.6 Å². The van der Waals surface area contributed by atoms with E-state index in [1.54, 1.807) is 0 Å². The van der Waals surface area contributed by atoms with E-state index in [4.69, 9.17) is 4.74 Å². The van der Waals surface area contributed by atoms with E-state index < -0.39 is 0 Å². The van der Waals surface area contributed by atoms with E-state index in [-0.39, 0.29) is 5.60 Å². The molecule has 1 aromatic carbocycles. The Morgan fingerprint density at radius 3 is 2.55 bits per heavy atom. The van der Waals surface area contributed by atoms with Crippen molar-refractivity contribution in [3.63, 3.8) is 0 Å². The average molecular weight is 273 g/mol. The van der Waals surface area contributed by atoms with Crippen LogP contribution in [-0.2, 0) is 0 Å². The first kappa shape index (κ1) is 13.9. The Kier molecular flexibility index (Phi) is 3.76. The summed E-state index contributed by atoms with van der Waals surface area (Å²) >= 11 is 0. The van der Waals surface area contributed by atoms with Gasteiger partial charge in [0, 0.05) is 18.0 Å². The van der Waals surface area contributed by atoms with Crippen LogP contribution in [0, 0.1) is 11.8 Å². The second-order valence-electron chi connectivity index (χ2n) is 6.95. The van der Waals surface area contributed by atoms with Crippen molar-refractivity contribution in [2.24, 2.45) is 11.8 Å². The van der Waals surface area contributed by atoms with Gasteiger partial charge in [0.1, 0.15) is 11.4 Å². The molecule has 110 valence electrons. The number of rotatable bonds is 2. The largest absolute Gasteiger partial charge is 0.487 e. The van der Waals surface area contributed by atoms with E-state index in [2.05, 4.69) is 50.5 Å². The van der Waals surface area contributed by atoms with Crippen molar-refractivity contribution < 1.29 is 4.74 Å². The van der Waals surface area contributed by atoms with E-state index >= 15 is 0 Å². The van der Waals surface area contributed by atoms with Crippen LogP contribution >= 0.6 is 0 Å². The van der Waals surface area contributed by atoms with Gasteiger partial charge in [0.2, 0.25) is 0 Å². The third-order valence-electron chi connectivity index (χ3n) is 5.43. The Morgan fingerprint density at radius 1 is 1.20 bits per heavy atom. The minimum Gasteiger partial charge on any atom is -0.487 e. The van der Waals surface area contributed by atoms with Crippen molar-refractivity contribution in [2.75, 3.05) is 7.05 Å². The predicted octanol–water partition coefficient (Wildman–Crippen LogP) is 4.31. The van der Waals surface area contributed by atoms with Crippen LogP contribution in [0.5, 0.6) is 5.75 Å². The number of ether oxygens (including phenoxy) is 1. The lowest BCUT2D eigenvalue weighted by Gasteiger charge is -2.46. The van der Waals surface area contributed by atoms with Gasteiger partial charge in [0.25, 0.3) is 0 Å². The van der Waals surface area contributed by atoms with Gasteiger partial charge >= 0.3 is 0 Å². The fourth-order valence-electron chi connectivity index (χ4n) is 4.01. The molecule has 3 rings (SSSR count). The highest BCUT2D eigenvalue weighted by Gasteiger charge is 2.43. The molecule has 1 atom stereocenters. The van der Waals surface area contributed by atoms with Crippen LogP contribution < -0.4 is 10.1 Å². The van der Waals surface area contributed by atoms with E-state index in [0.29, 0.717) is 6.04 Å². The number of para-hydroxylation sites is 1. The molecule has 1 spiro atoms. The van der Waals surface area contributed by atoms with Gasteiger partial charge in [-0.2, -0.15) is 0 Å². The normalized spacial score (nSPS) is 33.0. The molecule has 0 bridgehead atoms. The number of nitrogens with one attached hydrogen (secondary N) is 1. The first-order valence-electron chi connectivity index (χ1n) is 8.09. The van der Waals surface area contributed by atoms with Crippen LogP contribution in [0.15, 0.2) is 24.3 Å². The van der Waals surface area contributed by atoms with Crippen molar-refractivity contribution >= 4 is 0 Å². The summed E-state index contributed by atoms with van der Waals surface area (Å²) in [5, 5.41) is 3.49. The van der Waals surface area contributed by atoms with Gasteiger partial charge in [-0.05, 0) is 50.6 Å². The Hall–Kier alpha value is -1.02. The van der Waals surface area contributed by atoms with Crippen molar-refractivity contribution in [3.05, 3.63) is 29.8 Å². The molecule has 1 fully saturated rings. The summed E-state index contributed by atoms with van der Waals surface area (Å²) in [6.45, 7) is 4.71. The first-order chi connectivity index (χ1) is 9.63. The molecule has 2 nitrogen and oxygen atoms in total. The lowest BCUT2D eigenvalue weighted by Crippen LogP contribution is -2.46. The molecule has 2 aliphatic rings.